The van der Waals surface area contributed by atoms with E-state index in [1.807, 2.05) is 0 Å². The zero-order valence-corrected chi connectivity index (χ0v) is 13.5. The van der Waals surface area contributed by atoms with Gasteiger partial charge in [0.2, 0.25) is 0 Å². The summed E-state index contributed by atoms with van der Waals surface area (Å²) in [5.74, 6) is 0.511. The van der Waals surface area contributed by atoms with Gasteiger partial charge in [-0.2, -0.15) is 0 Å². The molecular formula is C17H25NO2S. The fraction of sp³-hybridized carbons (Fsp3) is 0.647. The summed E-state index contributed by atoms with van der Waals surface area (Å²) in [6.45, 7) is 2.48. The topological polar surface area (TPSA) is 44.5 Å². The summed E-state index contributed by atoms with van der Waals surface area (Å²) in [5, 5.41) is 0. The van der Waals surface area contributed by atoms with E-state index in [1.165, 1.54) is 10.5 Å². The normalized spacial score (nSPS) is 26.7. The highest BCUT2D eigenvalue weighted by Crippen LogP contribution is 2.41. The lowest BCUT2D eigenvalue weighted by Crippen LogP contribution is -2.46. The maximum atomic E-state index is 6.56. The highest BCUT2D eigenvalue weighted by Gasteiger charge is 2.40. The highest BCUT2D eigenvalue weighted by molar-refractivity contribution is 7.98. The lowest BCUT2D eigenvalue weighted by molar-refractivity contribution is -0.149. The molecule has 2 heterocycles. The molecule has 1 aromatic rings. The lowest BCUT2D eigenvalue weighted by Gasteiger charge is -2.44. The Kier molecular flexibility index (Phi) is 4.89. The van der Waals surface area contributed by atoms with Crippen LogP contribution in [0.5, 0.6) is 0 Å². The summed E-state index contributed by atoms with van der Waals surface area (Å²) in [5.41, 5.74) is 7.84. The first kappa shape index (κ1) is 15.3. The maximum Gasteiger partial charge on any atom is 0.0729 e. The van der Waals surface area contributed by atoms with Crippen molar-refractivity contribution in [3.05, 3.63) is 29.8 Å². The van der Waals surface area contributed by atoms with Crippen LogP contribution in [0.4, 0.5) is 0 Å². The van der Waals surface area contributed by atoms with E-state index in [0.717, 1.165) is 45.5 Å². The molecule has 116 valence electrons. The van der Waals surface area contributed by atoms with Crippen LogP contribution < -0.4 is 5.73 Å². The number of thioether (sulfide) groups is 1. The minimum absolute atomic E-state index is 0.0258. The Balaban J connectivity index is 1.69. The lowest BCUT2D eigenvalue weighted by atomic mass is 9.76. The van der Waals surface area contributed by atoms with Crippen LogP contribution in [0.1, 0.15) is 37.3 Å². The Morgan fingerprint density at radius 3 is 2.57 bits per heavy atom. The van der Waals surface area contributed by atoms with Gasteiger partial charge < -0.3 is 15.2 Å². The second-order valence-corrected chi connectivity index (χ2v) is 7.08. The first-order valence-electron chi connectivity index (χ1n) is 7.84. The number of ether oxygens (including phenoxy) is 2. The Hall–Kier alpha value is -0.550. The van der Waals surface area contributed by atoms with E-state index in [9.17, 15) is 0 Å². The van der Waals surface area contributed by atoms with Crippen molar-refractivity contribution in [2.75, 3.05) is 26.1 Å². The Bertz CT molecular complexity index is 451. The van der Waals surface area contributed by atoms with Crippen molar-refractivity contribution in [2.45, 2.75) is 42.2 Å². The van der Waals surface area contributed by atoms with Gasteiger partial charge in [-0.15, -0.1) is 11.8 Å². The summed E-state index contributed by atoms with van der Waals surface area (Å²) in [6, 6.07) is 8.82. The number of benzene rings is 1. The summed E-state index contributed by atoms with van der Waals surface area (Å²) < 4.78 is 11.6. The molecule has 2 N–H and O–H groups in total. The fourth-order valence-electron chi connectivity index (χ4n) is 3.56. The van der Waals surface area contributed by atoms with Gasteiger partial charge in [-0.3, -0.25) is 0 Å². The van der Waals surface area contributed by atoms with Crippen LogP contribution >= 0.6 is 11.8 Å². The van der Waals surface area contributed by atoms with Crippen LogP contribution in [-0.4, -0.2) is 31.7 Å². The molecule has 2 atom stereocenters. The maximum absolute atomic E-state index is 6.56. The molecule has 2 saturated heterocycles. The third-order valence-corrected chi connectivity index (χ3v) is 5.69. The number of rotatable bonds is 3. The molecule has 1 spiro atoms. The van der Waals surface area contributed by atoms with Gasteiger partial charge in [-0.25, -0.2) is 0 Å². The van der Waals surface area contributed by atoms with Crippen LogP contribution in [0.25, 0.3) is 0 Å². The molecule has 0 bridgehead atoms. The molecule has 0 aromatic heterocycles. The summed E-state index contributed by atoms with van der Waals surface area (Å²) >= 11 is 1.77. The molecule has 0 saturated carbocycles. The molecule has 2 unspecified atom stereocenters. The quantitative estimate of drug-likeness (QED) is 0.870. The number of hydrogen-bond donors (Lipinski definition) is 1. The van der Waals surface area contributed by atoms with Crippen molar-refractivity contribution < 1.29 is 9.47 Å². The SMILES string of the molecule is CSc1ccc(C(N)C2CCOC3(CCOCC3)C2)cc1. The number of nitrogens with two attached hydrogens (primary N) is 1. The average Bonchev–Trinajstić information content (AvgIpc) is 2.55. The van der Waals surface area contributed by atoms with Gasteiger partial charge in [0.15, 0.2) is 0 Å². The molecule has 3 nitrogen and oxygen atoms in total. The second-order valence-electron chi connectivity index (χ2n) is 6.20. The predicted molar refractivity (Wildman–Crippen MR) is 86.6 cm³/mol. The average molecular weight is 307 g/mol. The van der Waals surface area contributed by atoms with Crippen molar-refractivity contribution in [1.82, 2.24) is 0 Å². The molecule has 2 aliphatic heterocycles. The zero-order valence-electron chi connectivity index (χ0n) is 12.7. The van der Waals surface area contributed by atoms with E-state index in [0.29, 0.717) is 5.92 Å². The third-order valence-electron chi connectivity index (χ3n) is 4.94. The number of hydrogen-bond acceptors (Lipinski definition) is 4. The smallest absolute Gasteiger partial charge is 0.0729 e. The van der Waals surface area contributed by atoms with Crippen molar-refractivity contribution in [1.29, 1.82) is 0 Å². The minimum Gasteiger partial charge on any atom is -0.381 e. The van der Waals surface area contributed by atoms with Crippen LogP contribution in [0, 0.1) is 5.92 Å². The summed E-state index contributed by atoms with van der Waals surface area (Å²) in [4.78, 5) is 1.29. The van der Waals surface area contributed by atoms with Crippen LogP contribution in [0.15, 0.2) is 29.2 Å². The van der Waals surface area contributed by atoms with Crippen LogP contribution in [-0.2, 0) is 9.47 Å². The standard InChI is InChI=1S/C17H25NO2S/c1-21-15-4-2-13(3-5-15)16(18)14-6-9-20-17(12-14)7-10-19-11-8-17/h2-5,14,16H,6-12,18H2,1H3. The van der Waals surface area contributed by atoms with E-state index in [4.69, 9.17) is 15.2 Å². The summed E-state index contributed by atoms with van der Waals surface area (Å²) in [6.07, 6.45) is 6.27. The predicted octanol–water partition coefficient (Wildman–Crippen LogP) is 3.38. The molecule has 2 aliphatic rings. The molecule has 1 aromatic carbocycles. The molecule has 21 heavy (non-hydrogen) atoms. The van der Waals surface area contributed by atoms with Crippen molar-refractivity contribution >= 4 is 11.8 Å². The molecule has 3 rings (SSSR count). The van der Waals surface area contributed by atoms with Crippen LogP contribution in [0.2, 0.25) is 0 Å². The Morgan fingerprint density at radius 2 is 1.90 bits per heavy atom. The van der Waals surface area contributed by atoms with Gasteiger partial charge in [-0.05, 0) is 55.6 Å². The van der Waals surface area contributed by atoms with Crippen molar-refractivity contribution in [2.24, 2.45) is 11.7 Å². The minimum atomic E-state index is 0.0258. The molecule has 0 radical (unpaired) electrons. The van der Waals surface area contributed by atoms with E-state index >= 15 is 0 Å². The van der Waals surface area contributed by atoms with Gasteiger partial charge in [0, 0.05) is 30.8 Å². The monoisotopic (exact) mass is 307 g/mol. The van der Waals surface area contributed by atoms with Crippen LogP contribution in [0.3, 0.4) is 0 Å². The highest BCUT2D eigenvalue weighted by atomic mass is 32.2. The Morgan fingerprint density at radius 1 is 1.19 bits per heavy atom. The van der Waals surface area contributed by atoms with Gasteiger partial charge in [0.1, 0.15) is 0 Å². The van der Waals surface area contributed by atoms with E-state index in [1.54, 1.807) is 11.8 Å². The van der Waals surface area contributed by atoms with Gasteiger partial charge >= 0.3 is 0 Å². The first-order chi connectivity index (χ1) is 10.2. The van der Waals surface area contributed by atoms with Crippen molar-refractivity contribution in [3.8, 4) is 0 Å². The zero-order chi connectivity index (χ0) is 14.7. The van der Waals surface area contributed by atoms with Crippen molar-refractivity contribution in [3.63, 3.8) is 0 Å². The first-order valence-corrected chi connectivity index (χ1v) is 9.06. The van der Waals surface area contributed by atoms with Gasteiger partial charge in [0.25, 0.3) is 0 Å². The van der Waals surface area contributed by atoms with E-state index in [-0.39, 0.29) is 11.6 Å². The summed E-state index contributed by atoms with van der Waals surface area (Å²) in [7, 11) is 0. The Labute approximate surface area is 131 Å². The fourth-order valence-corrected chi connectivity index (χ4v) is 3.97. The van der Waals surface area contributed by atoms with Gasteiger partial charge in [-0.1, -0.05) is 12.1 Å². The largest absolute Gasteiger partial charge is 0.381 e. The molecule has 0 amide bonds. The molecule has 4 heteroatoms. The molecule has 2 fully saturated rings. The third kappa shape index (κ3) is 3.45. The van der Waals surface area contributed by atoms with E-state index < -0.39 is 0 Å². The second kappa shape index (κ2) is 6.69. The molecule has 0 aliphatic carbocycles. The van der Waals surface area contributed by atoms with Gasteiger partial charge in [0.05, 0.1) is 5.60 Å². The molecular weight excluding hydrogens is 282 g/mol. The van der Waals surface area contributed by atoms with E-state index in [2.05, 4.69) is 30.5 Å².